The van der Waals surface area contributed by atoms with Crippen molar-refractivity contribution in [3.8, 4) is 0 Å². The summed E-state index contributed by atoms with van der Waals surface area (Å²) in [5.41, 5.74) is 4.52. The fourth-order valence-electron chi connectivity index (χ4n) is 5.31. The number of nitrogens with one attached hydrogen (secondary N) is 1. The third-order valence-electron chi connectivity index (χ3n) is 5.77. The van der Waals surface area contributed by atoms with Gasteiger partial charge in [0, 0.05) is 4.32 Å². The van der Waals surface area contributed by atoms with Gasteiger partial charge in [-0.3, -0.25) is 14.9 Å². The van der Waals surface area contributed by atoms with Crippen molar-refractivity contribution in [2.75, 3.05) is 0 Å². The Morgan fingerprint density at radius 2 is 1.75 bits per heavy atom. The highest BCUT2D eigenvalue weighted by atomic mass is 79.9. The highest BCUT2D eigenvalue weighted by Gasteiger charge is 2.61. The zero-order valence-corrected chi connectivity index (χ0v) is 15.7. The predicted octanol–water partition coefficient (Wildman–Crippen LogP) is 2.48. The molecule has 0 heterocycles. The second-order valence-corrected chi connectivity index (χ2v) is 10.00. The first kappa shape index (κ1) is 17.7. The summed E-state index contributed by atoms with van der Waals surface area (Å²) in [7, 11) is 0. The van der Waals surface area contributed by atoms with Crippen LogP contribution in [0.4, 0.5) is 4.79 Å². The SMILES string of the molecule is CC(C)[C@H](OC(=O)C12C[C@@H]3C[C@H](CC(Br)(C3)C1)C2)C(=O)NC(N)=O. The smallest absolute Gasteiger partial charge is 0.318 e. The van der Waals surface area contributed by atoms with Crippen molar-refractivity contribution < 1.29 is 19.1 Å². The molecule has 0 aliphatic heterocycles. The van der Waals surface area contributed by atoms with Crippen LogP contribution in [0.5, 0.6) is 0 Å². The van der Waals surface area contributed by atoms with E-state index in [1.807, 2.05) is 5.32 Å². The minimum atomic E-state index is -0.996. The van der Waals surface area contributed by atoms with Crippen LogP contribution in [0.15, 0.2) is 0 Å². The number of urea groups is 1. The van der Waals surface area contributed by atoms with Crippen molar-refractivity contribution in [2.24, 2.45) is 28.9 Å². The number of carbonyl (C=O) groups excluding carboxylic acids is 3. The van der Waals surface area contributed by atoms with Crippen LogP contribution in [-0.2, 0) is 14.3 Å². The molecule has 6 nitrogen and oxygen atoms in total. The van der Waals surface area contributed by atoms with Gasteiger partial charge in [0.15, 0.2) is 6.10 Å². The number of primary amides is 1. The van der Waals surface area contributed by atoms with Gasteiger partial charge in [0.2, 0.25) is 0 Å². The van der Waals surface area contributed by atoms with Crippen LogP contribution in [0, 0.1) is 23.2 Å². The van der Waals surface area contributed by atoms with Crippen LogP contribution in [-0.4, -0.2) is 28.3 Å². The predicted molar refractivity (Wildman–Crippen MR) is 91.2 cm³/mol. The average molecular weight is 401 g/mol. The molecular formula is C17H25BrN2O4. The van der Waals surface area contributed by atoms with Crippen LogP contribution in [0.3, 0.4) is 0 Å². The van der Waals surface area contributed by atoms with Gasteiger partial charge >= 0.3 is 12.0 Å². The molecule has 3 atom stereocenters. The Hall–Kier alpha value is -1.11. The zero-order chi connectivity index (χ0) is 17.7. The minimum absolute atomic E-state index is 0.0406. The summed E-state index contributed by atoms with van der Waals surface area (Å²) in [6.45, 7) is 3.56. The summed E-state index contributed by atoms with van der Waals surface area (Å²) in [5.74, 6) is -0.0757. The molecule has 134 valence electrons. The highest BCUT2D eigenvalue weighted by molar-refractivity contribution is 9.10. The van der Waals surface area contributed by atoms with E-state index in [-0.39, 0.29) is 16.2 Å². The molecule has 4 aliphatic carbocycles. The van der Waals surface area contributed by atoms with Crippen LogP contribution in [0.1, 0.15) is 52.4 Å². The molecule has 3 N–H and O–H groups in total. The largest absolute Gasteiger partial charge is 0.452 e. The number of imide groups is 1. The van der Waals surface area contributed by atoms with E-state index in [2.05, 4.69) is 15.9 Å². The van der Waals surface area contributed by atoms with E-state index >= 15 is 0 Å². The number of esters is 1. The molecule has 4 fully saturated rings. The van der Waals surface area contributed by atoms with Gasteiger partial charge in [0.25, 0.3) is 5.91 Å². The van der Waals surface area contributed by atoms with E-state index in [9.17, 15) is 14.4 Å². The van der Waals surface area contributed by atoms with Crippen molar-refractivity contribution in [3.05, 3.63) is 0 Å². The van der Waals surface area contributed by atoms with Gasteiger partial charge in [-0.25, -0.2) is 4.79 Å². The quantitative estimate of drug-likeness (QED) is 0.559. The summed E-state index contributed by atoms with van der Waals surface area (Å²) >= 11 is 3.87. The Morgan fingerprint density at radius 1 is 1.17 bits per heavy atom. The topological polar surface area (TPSA) is 98.5 Å². The molecule has 0 saturated heterocycles. The zero-order valence-electron chi connectivity index (χ0n) is 14.1. The maximum absolute atomic E-state index is 13.0. The Labute approximate surface area is 150 Å². The van der Waals surface area contributed by atoms with Gasteiger partial charge in [-0.15, -0.1) is 0 Å². The van der Waals surface area contributed by atoms with E-state index in [1.54, 1.807) is 13.8 Å². The molecule has 4 bridgehead atoms. The number of nitrogens with two attached hydrogens (primary N) is 1. The monoisotopic (exact) mass is 400 g/mol. The third-order valence-corrected chi connectivity index (χ3v) is 6.69. The van der Waals surface area contributed by atoms with E-state index < -0.39 is 23.5 Å². The Balaban J connectivity index is 1.76. The molecule has 0 radical (unpaired) electrons. The van der Waals surface area contributed by atoms with E-state index in [0.717, 1.165) is 32.1 Å². The van der Waals surface area contributed by atoms with E-state index in [0.29, 0.717) is 11.8 Å². The lowest BCUT2D eigenvalue weighted by molar-refractivity contribution is -0.179. The standard InChI is InChI=1S/C17H25BrN2O4/c1-9(2)12(13(21)20-15(19)23)24-14(22)16-4-10-3-11(5-16)7-17(18,6-10)8-16/h9-12H,3-8H2,1-2H3,(H3,19,20,21,23)/t10-,11-,12-,16?,17?/m0/s1. The number of halogens is 1. The molecule has 3 amide bonds. The Morgan fingerprint density at radius 3 is 2.21 bits per heavy atom. The normalized spacial score (nSPS) is 38.0. The van der Waals surface area contributed by atoms with Crippen LogP contribution < -0.4 is 11.1 Å². The molecule has 4 aliphatic rings. The molecule has 4 saturated carbocycles. The number of hydrogen-bond donors (Lipinski definition) is 2. The molecule has 0 aromatic rings. The molecule has 7 heteroatoms. The van der Waals surface area contributed by atoms with Gasteiger partial charge in [0.1, 0.15) is 0 Å². The van der Waals surface area contributed by atoms with Crippen molar-refractivity contribution in [2.45, 2.75) is 62.8 Å². The number of ether oxygens (including phenoxy) is 1. The molecular weight excluding hydrogens is 376 g/mol. The molecule has 0 aromatic heterocycles. The first-order valence-corrected chi connectivity index (χ1v) is 9.42. The fourth-order valence-corrected chi connectivity index (χ4v) is 6.77. The van der Waals surface area contributed by atoms with E-state index in [1.165, 1.54) is 6.42 Å². The van der Waals surface area contributed by atoms with Gasteiger partial charge in [-0.2, -0.15) is 0 Å². The third kappa shape index (κ3) is 3.19. The van der Waals surface area contributed by atoms with Crippen molar-refractivity contribution in [3.63, 3.8) is 0 Å². The van der Waals surface area contributed by atoms with Gasteiger partial charge in [0.05, 0.1) is 5.41 Å². The maximum atomic E-state index is 13.0. The molecule has 0 unspecified atom stereocenters. The second-order valence-electron chi connectivity index (χ2n) is 8.32. The Kier molecular flexibility index (Phi) is 4.43. The Bertz CT molecular complexity index is 563. The first-order valence-electron chi connectivity index (χ1n) is 8.63. The van der Waals surface area contributed by atoms with Gasteiger partial charge in [-0.1, -0.05) is 29.8 Å². The molecule has 0 aromatic carbocycles. The van der Waals surface area contributed by atoms with Crippen molar-refractivity contribution >= 4 is 33.8 Å². The van der Waals surface area contributed by atoms with Gasteiger partial charge in [-0.05, 0) is 56.3 Å². The summed E-state index contributed by atoms with van der Waals surface area (Å²) in [6, 6.07) is -0.934. The molecule has 0 spiro atoms. The van der Waals surface area contributed by atoms with Gasteiger partial charge < -0.3 is 10.5 Å². The van der Waals surface area contributed by atoms with Crippen molar-refractivity contribution in [1.29, 1.82) is 0 Å². The lowest BCUT2D eigenvalue weighted by Crippen LogP contribution is -2.57. The summed E-state index contributed by atoms with van der Waals surface area (Å²) in [5, 5.41) is 2.02. The van der Waals surface area contributed by atoms with Crippen molar-refractivity contribution in [1.82, 2.24) is 5.32 Å². The van der Waals surface area contributed by atoms with Crippen LogP contribution in [0.2, 0.25) is 0 Å². The lowest BCUT2D eigenvalue weighted by Gasteiger charge is -2.59. The number of amides is 3. The summed E-state index contributed by atoms with van der Waals surface area (Å²) in [4.78, 5) is 36.1. The summed E-state index contributed by atoms with van der Waals surface area (Å²) < 4.78 is 5.67. The lowest BCUT2D eigenvalue weighted by atomic mass is 9.49. The molecule has 24 heavy (non-hydrogen) atoms. The van der Waals surface area contributed by atoms with Crippen LogP contribution >= 0.6 is 15.9 Å². The number of hydrogen-bond acceptors (Lipinski definition) is 4. The fraction of sp³-hybridized carbons (Fsp3) is 0.824. The number of alkyl halides is 1. The second kappa shape index (κ2) is 6.00. The average Bonchev–Trinajstić information content (AvgIpc) is 2.40. The summed E-state index contributed by atoms with van der Waals surface area (Å²) in [6.07, 6.45) is 4.90. The van der Waals surface area contributed by atoms with E-state index in [4.69, 9.17) is 10.5 Å². The van der Waals surface area contributed by atoms with Crippen LogP contribution in [0.25, 0.3) is 0 Å². The number of carbonyl (C=O) groups is 3. The maximum Gasteiger partial charge on any atom is 0.318 e. The highest BCUT2D eigenvalue weighted by Crippen LogP contribution is 2.64. The minimum Gasteiger partial charge on any atom is -0.452 e. The molecule has 4 rings (SSSR count). The number of rotatable bonds is 4. The first-order chi connectivity index (χ1) is 11.1.